The first-order valence-corrected chi connectivity index (χ1v) is 4.02. The van der Waals surface area contributed by atoms with Crippen molar-refractivity contribution in [1.29, 1.82) is 0 Å². The van der Waals surface area contributed by atoms with Gasteiger partial charge in [-0.25, -0.2) is 4.79 Å². The molecule has 0 heterocycles. The van der Waals surface area contributed by atoms with E-state index in [9.17, 15) is 4.79 Å². The topological polar surface area (TPSA) is 54.0 Å². The summed E-state index contributed by atoms with van der Waals surface area (Å²) in [5.41, 5.74) is 0. The molecule has 0 aromatic carbocycles. The molecule has 13 heavy (non-hydrogen) atoms. The van der Waals surface area contributed by atoms with Gasteiger partial charge in [0.05, 0.1) is 26.4 Å². The van der Waals surface area contributed by atoms with Crippen LogP contribution in [0.4, 0.5) is 0 Å². The number of methoxy groups -OCH3 is 1. The van der Waals surface area contributed by atoms with Crippen molar-refractivity contribution < 1.29 is 23.7 Å². The minimum Gasteiger partial charge on any atom is -0.428 e. The number of carbonyl (C=O) groups excluding carboxylic acids is 1. The van der Waals surface area contributed by atoms with Crippen molar-refractivity contribution in [2.24, 2.45) is 0 Å². The van der Waals surface area contributed by atoms with E-state index in [2.05, 4.69) is 4.74 Å². The maximum Gasteiger partial charge on any atom is 0.419 e. The molecule has 0 saturated heterocycles. The molecule has 0 saturated carbocycles. The lowest BCUT2D eigenvalue weighted by Crippen LogP contribution is -2.16. The van der Waals surface area contributed by atoms with Gasteiger partial charge in [-0.1, -0.05) is 0 Å². The third-order valence-electron chi connectivity index (χ3n) is 1.23. The Labute approximate surface area is 77.9 Å². The molecule has 77 valence electrons. The molecule has 5 nitrogen and oxygen atoms in total. The second-order valence-electron chi connectivity index (χ2n) is 2.24. The molecule has 0 aliphatic heterocycles. The van der Waals surface area contributed by atoms with E-state index >= 15 is 0 Å². The minimum atomic E-state index is -0.566. The second-order valence-corrected chi connectivity index (χ2v) is 2.24. The van der Waals surface area contributed by atoms with E-state index in [1.807, 2.05) is 0 Å². The van der Waals surface area contributed by atoms with Gasteiger partial charge in [-0.2, -0.15) is 0 Å². The Hall–Kier alpha value is -0.650. The molecule has 0 amide bonds. The van der Waals surface area contributed by atoms with Gasteiger partial charge in [-0.05, 0) is 6.92 Å². The highest BCUT2D eigenvalue weighted by atomic mass is 16.7. The van der Waals surface area contributed by atoms with Crippen molar-refractivity contribution >= 4 is 6.47 Å². The van der Waals surface area contributed by atoms with E-state index in [0.29, 0.717) is 26.4 Å². The van der Waals surface area contributed by atoms with Crippen molar-refractivity contribution in [3.05, 3.63) is 0 Å². The SMILES string of the molecule is COCCOCCOC(C)O[C]=O. The lowest BCUT2D eigenvalue weighted by atomic mass is 10.7. The Balaban J connectivity index is 3.01. The largest absolute Gasteiger partial charge is 0.428 e. The van der Waals surface area contributed by atoms with Gasteiger partial charge in [0.1, 0.15) is 0 Å². The molecule has 0 aliphatic carbocycles. The van der Waals surface area contributed by atoms with Crippen LogP contribution in [0.2, 0.25) is 0 Å². The number of hydrogen-bond acceptors (Lipinski definition) is 5. The molecular weight excluding hydrogens is 176 g/mol. The average Bonchev–Trinajstić information content (AvgIpc) is 2.11. The predicted octanol–water partition coefficient (Wildman–Crippen LogP) is 0.0958. The zero-order valence-corrected chi connectivity index (χ0v) is 7.95. The van der Waals surface area contributed by atoms with Gasteiger partial charge in [0.25, 0.3) is 0 Å². The van der Waals surface area contributed by atoms with Gasteiger partial charge in [-0.3, -0.25) is 0 Å². The Morgan fingerprint density at radius 3 is 2.54 bits per heavy atom. The second kappa shape index (κ2) is 9.44. The molecule has 0 fully saturated rings. The molecule has 1 unspecified atom stereocenters. The normalized spacial score (nSPS) is 12.5. The molecule has 0 aromatic rings. The third kappa shape index (κ3) is 9.26. The smallest absolute Gasteiger partial charge is 0.419 e. The van der Waals surface area contributed by atoms with Gasteiger partial charge in [-0.15, -0.1) is 0 Å². The van der Waals surface area contributed by atoms with Crippen molar-refractivity contribution in [2.45, 2.75) is 13.2 Å². The standard InChI is InChI=1S/C8H15O5/c1-8(13-7-9)12-6-5-11-4-3-10-2/h8H,3-6H2,1-2H3. The molecule has 0 bridgehead atoms. The first kappa shape index (κ1) is 12.3. The summed E-state index contributed by atoms with van der Waals surface area (Å²) in [6.07, 6.45) is -0.566. The fourth-order valence-electron chi connectivity index (χ4n) is 0.619. The highest BCUT2D eigenvalue weighted by Crippen LogP contribution is 1.90. The molecule has 0 aliphatic rings. The Morgan fingerprint density at radius 2 is 1.92 bits per heavy atom. The highest BCUT2D eigenvalue weighted by molar-refractivity contribution is 5.38. The molecular formula is C8H15O5. The maximum atomic E-state index is 9.71. The maximum absolute atomic E-state index is 9.71. The first-order valence-electron chi connectivity index (χ1n) is 4.02. The van der Waals surface area contributed by atoms with Gasteiger partial charge in [0.2, 0.25) is 6.29 Å². The molecule has 1 radical (unpaired) electrons. The monoisotopic (exact) mass is 191 g/mol. The van der Waals surface area contributed by atoms with E-state index in [1.54, 1.807) is 14.0 Å². The van der Waals surface area contributed by atoms with E-state index in [0.717, 1.165) is 0 Å². The van der Waals surface area contributed by atoms with Crippen molar-refractivity contribution in [1.82, 2.24) is 0 Å². The van der Waals surface area contributed by atoms with Crippen LogP contribution in [0.15, 0.2) is 0 Å². The van der Waals surface area contributed by atoms with Crippen molar-refractivity contribution in [3.63, 3.8) is 0 Å². The third-order valence-corrected chi connectivity index (χ3v) is 1.23. The molecule has 0 rings (SSSR count). The van der Waals surface area contributed by atoms with Crippen LogP contribution >= 0.6 is 0 Å². The van der Waals surface area contributed by atoms with Crippen LogP contribution in [-0.4, -0.2) is 46.3 Å². The summed E-state index contributed by atoms with van der Waals surface area (Å²) in [5.74, 6) is 0. The quantitative estimate of drug-likeness (QED) is 0.382. The molecule has 0 N–H and O–H groups in total. The number of hydrogen-bond donors (Lipinski definition) is 0. The van der Waals surface area contributed by atoms with Crippen molar-refractivity contribution in [2.75, 3.05) is 33.5 Å². The van der Waals surface area contributed by atoms with Gasteiger partial charge < -0.3 is 18.9 Å². The Morgan fingerprint density at radius 1 is 1.23 bits per heavy atom. The van der Waals surface area contributed by atoms with Crippen molar-refractivity contribution in [3.8, 4) is 0 Å². The van der Waals surface area contributed by atoms with Crippen LogP contribution in [0, 0.1) is 0 Å². The summed E-state index contributed by atoms with van der Waals surface area (Å²) >= 11 is 0. The van der Waals surface area contributed by atoms with E-state index < -0.39 is 6.29 Å². The fourth-order valence-corrected chi connectivity index (χ4v) is 0.619. The van der Waals surface area contributed by atoms with E-state index in [-0.39, 0.29) is 0 Å². The van der Waals surface area contributed by atoms with E-state index in [4.69, 9.17) is 14.2 Å². The van der Waals surface area contributed by atoms with Crippen LogP contribution < -0.4 is 0 Å². The molecule has 0 aromatic heterocycles. The zero-order chi connectivity index (χ0) is 9.94. The lowest BCUT2D eigenvalue weighted by Gasteiger charge is -2.09. The molecule has 0 spiro atoms. The summed E-state index contributed by atoms with van der Waals surface area (Å²) in [5, 5.41) is 0. The van der Waals surface area contributed by atoms with E-state index in [1.165, 1.54) is 6.47 Å². The van der Waals surface area contributed by atoms with Gasteiger partial charge in [0.15, 0.2) is 0 Å². The molecule has 5 heteroatoms. The fraction of sp³-hybridized carbons (Fsp3) is 0.875. The summed E-state index contributed by atoms with van der Waals surface area (Å²) in [6.45, 7) is 4.84. The van der Waals surface area contributed by atoms with Crippen LogP contribution in [0.1, 0.15) is 6.92 Å². The lowest BCUT2D eigenvalue weighted by molar-refractivity contribution is -0.0928. The Bertz CT molecular complexity index is 117. The highest BCUT2D eigenvalue weighted by Gasteiger charge is 2.00. The summed E-state index contributed by atoms with van der Waals surface area (Å²) in [4.78, 5) is 9.71. The summed E-state index contributed by atoms with van der Waals surface area (Å²) < 4.78 is 19.2. The predicted molar refractivity (Wildman–Crippen MR) is 44.9 cm³/mol. The average molecular weight is 191 g/mol. The first-order chi connectivity index (χ1) is 6.31. The number of ether oxygens (including phenoxy) is 4. The van der Waals surface area contributed by atoms with Gasteiger partial charge >= 0.3 is 6.47 Å². The number of rotatable bonds is 9. The zero-order valence-electron chi connectivity index (χ0n) is 7.95. The van der Waals surface area contributed by atoms with Crippen LogP contribution in [-0.2, 0) is 23.7 Å². The Kier molecular flexibility index (Phi) is 8.97. The summed E-state index contributed by atoms with van der Waals surface area (Å²) in [7, 11) is 1.61. The van der Waals surface area contributed by atoms with Gasteiger partial charge in [0, 0.05) is 7.11 Å². The van der Waals surface area contributed by atoms with Crippen LogP contribution in [0.3, 0.4) is 0 Å². The van der Waals surface area contributed by atoms with Crippen LogP contribution in [0.5, 0.6) is 0 Å². The van der Waals surface area contributed by atoms with Crippen LogP contribution in [0.25, 0.3) is 0 Å². The minimum absolute atomic E-state index is 0.382. The molecule has 1 atom stereocenters. The summed E-state index contributed by atoms with van der Waals surface area (Å²) in [6, 6.07) is 0.